The van der Waals surface area contributed by atoms with Crippen molar-refractivity contribution in [1.82, 2.24) is 0 Å². The second-order valence-electron chi connectivity index (χ2n) is 0.522. The van der Waals surface area contributed by atoms with Gasteiger partial charge < -0.3 is 0 Å². The van der Waals surface area contributed by atoms with Crippen molar-refractivity contribution in [2.45, 2.75) is 0 Å². The zero-order valence-corrected chi connectivity index (χ0v) is 9.34. The Morgan fingerprint density at radius 2 is 1.57 bits per heavy atom. The normalized spacial score (nSPS) is 9.43. The molecule has 1 nitrogen and oxygen atoms in total. The van der Waals surface area contributed by atoms with Crippen LogP contribution in [-0.4, -0.2) is 7.52 Å². The Bertz CT molecular complexity index is 32.9. The molecule has 7 heavy (non-hydrogen) atoms. The Hall–Kier alpha value is 2.12. The molecule has 0 bridgehead atoms. The van der Waals surface area contributed by atoms with Gasteiger partial charge in [-0.2, -0.15) is 0 Å². The molecule has 5 heteroatoms. The molecule has 0 aromatic carbocycles. The van der Waals surface area contributed by atoms with Gasteiger partial charge in [-0.1, -0.05) is 45.2 Å². The molecule has 0 spiro atoms. The SMILES string of the molecule is ICSOSCI. The van der Waals surface area contributed by atoms with Crippen molar-refractivity contribution in [2.24, 2.45) is 0 Å². The fourth-order valence-electron chi connectivity index (χ4n) is 0.0704. The van der Waals surface area contributed by atoms with Gasteiger partial charge in [-0.05, 0) is 0 Å². The molecule has 0 aliphatic carbocycles. The average molecular weight is 362 g/mol. The highest BCUT2D eigenvalue weighted by molar-refractivity contribution is 14.1. The van der Waals surface area contributed by atoms with Crippen LogP contribution in [0.3, 0.4) is 0 Å². The maximum absolute atomic E-state index is 4.95. The molecule has 0 N–H and O–H groups in total. The molecule has 0 aromatic rings. The fraction of sp³-hybridized carbons (Fsp3) is 1.00. The maximum atomic E-state index is 4.95. The van der Waals surface area contributed by atoms with Gasteiger partial charge in [0.25, 0.3) is 0 Å². The summed E-state index contributed by atoms with van der Waals surface area (Å²) < 4.78 is 6.95. The van der Waals surface area contributed by atoms with Crippen molar-refractivity contribution in [1.29, 1.82) is 0 Å². The second kappa shape index (κ2) is 8.12. The Kier molecular flexibility index (Phi) is 10.6. The van der Waals surface area contributed by atoms with Crippen LogP contribution in [0.5, 0.6) is 0 Å². The van der Waals surface area contributed by atoms with Crippen molar-refractivity contribution in [3.05, 3.63) is 0 Å². The second-order valence-corrected chi connectivity index (χ2v) is 5.71. The van der Waals surface area contributed by atoms with Gasteiger partial charge in [0.2, 0.25) is 0 Å². The summed E-state index contributed by atoms with van der Waals surface area (Å²) in [6, 6.07) is 0. The van der Waals surface area contributed by atoms with E-state index in [1.54, 1.807) is 0 Å². The predicted octanol–water partition coefficient (Wildman–Crippen LogP) is 3.08. The number of halogens is 2. The number of alkyl halides is 2. The van der Waals surface area contributed by atoms with E-state index < -0.39 is 0 Å². The molecule has 0 radical (unpaired) electrons. The molecule has 0 aliphatic rings. The number of hydrogen-bond acceptors (Lipinski definition) is 3. The van der Waals surface area contributed by atoms with E-state index >= 15 is 0 Å². The summed E-state index contributed by atoms with van der Waals surface area (Å²) in [6.45, 7) is 0. The van der Waals surface area contributed by atoms with Gasteiger partial charge in [-0.25, -0.2) is 3.63 Å². The lowest BCUT2D eigenvalue weighted by atomic mass is 12.0. The summed E-state index contributed by atoms with van der Waals surface area (Å²) in [5.41, 5.74) is 0. The lowest BCUT2D eigenvalue weighted by Crippen LogP contribution is -1.62. The molecular formula is C2H4I2OS2. The van der Waals surface area contributed by atoms with Gasteiger partial charge in [0.1, 0.15) is 0 Å². The minimum Gasteiger partial charge on any atom is -0.246 e. The third-order valence-corrected chi connectivity index (χ3v) is 2.66. The highest BCUT2D eigenvalue weighted by atomic mass is 127. The molecule has 0 heterocycles. The molecular weight excluding hydrogens is 358 g/mol. The van der Waals surface area contributed by atoms with E-state index in [9.17, 15) is 0 Å². The summed E-state index contributed by atoms with van der Waals surface area (Å²) >= 11 is 7.45. The van der Waals surface area contributed by atoms with Crippen molar-refractivity contribution in [3.63, 3.8) is 0 Å². The van der Waals surface area contributed by atoms with E-state index in [1.165, 1.54) is 24.1 Å². The lowest BCUT2D eigenvalue weighted by Gasteiger charge is -1.90. The zero-order valence-electron chi connectivity index (χ0n) is 3.39. The lowest BCUT2D eigenvalue weighted by molar-refractivity contribution is 0.768. The van der Waals surface area contributed by atoms with Crippen LogP contribution in [-0.2, 0) is 3.63 Å². The van der Waals surface area contributed by atoms with Crippen LogP contribution in [0.4, 0.5) is 0 Å². The molecule has 0 saturated heterocycles. The van der Waals surface area contributed by atoms with Crippen LogP contribution < -0.4 is 0 Å². The molecule has 0 aromatic heterocycles. The van der Waals surface area contributed by atoms with Gasteiger partial charge in [0.15, 0.2) is 0 Å². The third kappa shape index (κ3) is 8.12. The Morgan fingerprint density at radius 3 is 1.86 bits per heavy atom. The highest BCUT2D eigenvalue weighted by Crippen LogP contribution is 2.17. The standard InChI is InChI=1S/C2H4I2OS2/c3-1-6-5-7-2-4/h1-2H2. The smallest absolute Gasteiger partial charge is 0.0730 e. The molecule has 0 unspecified atom stereocenters. The molecule has 0 saturated carbocycles. The molecule has 0 fully saturated rings. The fourth-order valence-corrected chi connectivity index (χ4v) is 2.50. The summed E-state index contributed by atoms with van der Waals surface area (Å²) in [6.07, 6.45) is 0. The molecule has 0 amide bonds. The maximum Gasteiger partial charge on any atom is 0.0730 e. The van der Waals surface area contributed by atoms with Crippen LogP contribution in [0.15, 0.2) is 0 Å². The molecule has 0 atom stereocenters. The van der Waals surface area contributed by atoms with Gasteiger partial charge in [-0.15, -0.1) is 0 Å². The van der Waals surface area contributed by atoms with Crippen LogP contribution in [0, 0.1) is 0 Å². The van der Waals surface area contributed by atoms with E-state index in [-0.39, 0.29) is 0 Å². The topological polar surface area (TPSA) is 9.23 Å². The molecule has 44 valence electrons. The molecule has 0 aliphatic heterocycles. The number of rotatable bonds is 4. The van der Waals surface area contributed by atoms with E-state index in [4.69, 9.17) is 3.63 Å². The molecule has 0 rings (SSSR count). The monoisotopic (exact) mass is 362 g/mol. The van der Waals surface area contributed by atoms with Crippen molar-refractivity contribution in [3.8, 4) is 0 Å². The Morgan fingerprint density at radius 1 is 1.14 bits per heavy atom. The van der Waals surface area contributed by atoms with E-state index in [0.29, 0.717) is 0 Å². The van der Waals surface area contributed by atoms with Gasteiger partial charge >= 0.3 is 0 Å². The summed E-state index contributed by atoms with van der Waals surface area (Å²) in [5, 5.41) is 0. The minimum atomic E-state index is 1.00. The first-order valence-corrected chi connectivity index (χ1v) is 6.32. The van der Waals surface area contributed by atoms with Crippen LogP contribution in [0.25, 0.3) is 0 Å². The first kappa shape index (κ1) is 9.12. The van der Waals surface area contributed by atoms with Crippen LogP contribution >= 0.6 is 69.3 Å². The van der Waals surface area contributed by atoms with Gasteiger partial charge in [0.05, 0.1) is 7.52 Å². The Balaban J connectivity index is 2.45. The summed E-state index contributed by atoms with van der Waals surface area (Å²) in [5.74, 6) is 0. The van der Waals surface area contributed by atoms with E-state index in [2.05, 4.69) is 45.2 Å². The Labute approximate surface area is 79.4 Å². The van der Waals surface area contributed by atoms with Crippen LogP contribution in [0.2, 0.25) is 0 Å². The highest BCUT2D eigenvalue weighted by Gasteiger charge is 1.82. The zero-order chi connectivity index (χ0) is 5.54. The minimum absolute atomic E-state index is 1.00. The van der Waals surface area contributed by atoms with E-state index in [1.807, 2.05) is 0 Å². The first-order chi connectivity index (χ1) is 3.41. The largest absolute Gasteiger partial charge is 0.246 e. The van der Waals surface area contributed by atoms with Gasteiger partial charge in [0, 0.05) is 24.1 Å². The van der Waals surface area contributed by atoms with Crippen molar-refractivity contribution < 1.29 is 3.63 Å². The van der Waals surface area contributed by atoms with E-state index in [0.717, 1.165) is 7.52 Å². The van der Waals surface area contributed by atoms with Gasteiger partial charge in [-0.3, -0.25) is 0 Å². The number of hydrogen-bond donors (Lipinski definition) is 0. The third-order valence-electron chi connectivity index (χ3n) is 0.185. The first-order valence-electron chi connectivity index (χ1n) is 1.45. The van der Waals surface area contributed by atoms with Crippen molar-refractivity contribution in [2.75, 3.05) is 7.52 Å². The summed E-state index contributed by atoms with van der Waals surface area (Å²) in [4.78, 5) is 0. The van der Waals surface area contributed by atoms with Crippen LogP contribution in [0.1, 0.15) is 0 Å². The van der Waals surface area contributed by atoms with Crippen molar-refractivity contribution >= 4 is 69.3 Å². The quantitative estimate of drug-likeness (QED) is 0.329. The predicted molar refractivity (Wildman–Crippen MR) is 54.0 cm³/mol. The average Bonchev–Trinajstić information content (AvgIpc) is 1.69. The summed E-state index contributed by atoms with van der Waals surface area (Å²) in [7, 11) is 0.